The molecule has 1 unspecified atom stereocenters. The van der Waals surface area contributed by atoms with Crippen LogP contribution in [0.4, 0.5) is 5.69 Å². The molecule has 0 fully saturated rings. The van der Waals surface area contributed by atoms with Gasteiger partial charge in [-0.05, 0) is 38.8 Å². The molecule has 0 saturated carbocycles. The predicted octanol–water partition coefficient (Wildman–Crippen LogP) is 4.58. The van der Waals surface area contributed by atoms with Gasteiger partial charge in [-0.2, -0.15) is 5.10 Å². The molecule has 0 aromatic carbocycles. The Balaban J connectivity index is 2.22. The first-order valence-electron chi connectivity index (χ1n) is 8.64. The van der Waals surface area contributed by atoms with E-state index in [0.29, 0.717) is 22.6 Å². The summed E-state index contributed by atoms with van der Waals surface area (Å²) in [5.41, 5.74) is 1.44. The van der Waals surface area contributed by atoms with Gasteiger partial charge in [0.15, 0.2) is 5.15 Å². The lowest BCUT2D eigenvalue weighted by molar-refractivity contribution is -0.117. The molecule has 0 aliphatic carbocycles. The standard InChI is InChI=1S/C18H25ClN4OS/c1-5-15(6-2)25-13(4)18(24)22(7-3)16-12-23(21-17(16)19)14-9-8-10-20-11-14/h8-13,15H,5-7H2,1-4H3. The topological polar surface area (TPSA) is 51.0 Å². The molecule has 0 aliphatic heterocycles. The summed E-state index contributed by atoms with van der Waals surface area (Å²) < 4.78 is 1.65. The van der Waals surface area contributed by atoms with Crippen LogP contribution in [0.15, 0.2) is 30.7 Å². The summed E-state index contributed by atoms with van der Waals surface area (Å²) in [6.07, 6.45) is 7.31. The minimum Gasteiger partial charge on any atom is -0.308 e. The molecule has 1 atom stereocenters. The lowest BCUT2D eigenvalue weighted by Crippen LogP contribution is -2.37. The van der Waals surface area contributed by atoms with E-state index in [4.69, 9.17) is 11.6 Å². The molecule has 0 aliphatic rings. The molecule has 0 spiro atoms. The Hall–Kier alpha value is -1.53. The first-order chi connectivity index (χ1) is 12.0. The number of halogens is 1. The largest absolute Gasteiger partial charge is 0.308 e. The third kappa shape index (κ3) is 4.76. The van der Waals surface area contributed by atoms with Gasteiger partial charge in [-0.3, -0.25) is 9.78 Å². The number of nitrogens with zero attached hydrogens (tertiary/aromatic N) is 4. The van der Waals surface area contributed by atoms with Crippen LogP contribution in [0.2, 0.25) is 5.15 Å². The lowest BCUT2D eigenvalue weighted by atomic mass is 10.3. The normalized spacial score (nSPS) is 12.4. The van der Waals surface area contributed by atoms with Gasteiger partial charge in [0.05, 0.1) is 23.3 Å². The molecule has 2 aromatic rings. The van der Waals surface area contributed by atoms with Crippen LogP contribution >= 0.6 is 23.4 Å². The molecule has 0 N–H and O–H groups in total. The summed E-state index contributed by atoms with van der Waals surface area (Å²) in [6.45, 7) is 8.78. The number of thioether (sulfide) groups is 1. The van der Waals surface area contributed by atoms with E-state index >= 15 is 0 Å². The summed E-state index contributed by atoms with van der Waals surface area (Å²) in [5, 5.41) is 5.01. The highest BCUT2D eigenvalue weighted by Gasteiger charge is 2.26. The van der Waals surface area contributed by atoms with Crippen molar-refractivity contribution in [2.75, 3.05) is 11.4 Å². The second kappa shape index (κ2) is 9.25. The quantitative estimate of drug-likeness (QED) is 0.672. The average Bonchev–Trinajstić information content (AvgIpc) is 3.02. The number of amides is 1. The molecule has 2 aromatic heterocycles. The smallest absolute Gasteiger partial charge is 0.239 e. The molecular formula is C18H25ClN4OS. The third-order valence-corrected chi connectivity index (χ3v) is 6.02. The highest BCUT2D eigenvalue weighted by Crippen LogP contribution is 2.30. The maximum Gasteiger partial charge on any atom is 0.239 e. The van der Waals surface area contributed by atoms with Crippen LogP contribution in [0.3, 0.4) is 0 Å². The van der Waals surface area contributed by atoms with Crippen molar-refractivity contribution < 1.29 is 4.79 Å². The molecule has 0 saturated heterocycles. The lowest BCUT2D eigenvalue weighted by Gasteiger charge is -2.25. The molecule has 2 rings (SSSR count). The Bertz CT molecular complexity index is 688. The monoisotopic (exact) mass is 380 g/mol. The van der Waals surface area contributed by atoms with Crippen molar-refractivity contribution in [3.8, 4) is 5.69 Å². The van der Waals surface area contributed by atoms with Crippen LogP contribution in [-0.4, -0.2) is 37.7 Å². The average molecular weight is 381 g/mol. The fourth-order valence-electron chi connectivity index (χ4n) is 2.64. The number of carbonyl (C=O) groups is 1. The van der Waals surface area contributed by atoms with Crippen molar-refractivity contribution in [2.24, 2.45) is 0 Å². The zero-order chi connectivity index (χ0) is 18.4. The minimum absolute atomic E-state index is 0.0621. The number of hydrogen-bond donors (Lipinski definition) is 0. The third-order valence-electron chi connectivity index (χ3n) is 4.09. The number of aromatic nitrogens is 3. The van der Waals surface area contributed by atoms with Gasteiger partial charge in [0.2, 0.25) is 5.91 Å². The molecule has 2 heterocycles. The van der Waals surface area contributed by atoms with Gasteiger partial charge in [-0.25, -0.2) is 4.68 Å². The molecule has 7 heteroatoms. The highest BCUT2D eigenvalue weighted by atomic mass is 35.5. The molecule has 0 bridgehead atoms. The van der Waals surface area contributed by atoms with E-state index < -0.39 is 0 Å². The number of carbonyl (C=O) groups excluding carboxylic acids is 1. The van der Waals surface area contributed by atoms with Crippen molar-refractivity contribution in [1.29, 1.82) is 0 Å². The first-order valence-corrected chi connectivity index (χ1v) is 9.96. The molecule has 136 valence electrons. The summed E-state index contributed by atoms with van der Waals surface area (Å²) in [4.78, 5) is 18.7. The van der Waals surface area contributed by atoms with Crippen LogP contribution < -0.4 is 4.90 Å². The van der Waals surface area contributed by atoms with Crippen molar-refractivity contribution in [1.82, 2.24) is 14.8 Å². The minimum atomic E-state index is -0.123. The van der Waals surface area contributed by atoms with Crippen LogP contribution in [0.1, 0.15) is 40.5 Å². The van der Waals surface area contributed by atoms with Crippen molar-refractivity contribution in [3.63, 3.8) is 0 Å². The van der Waals surface area contributed by atoms with Crippen LogP contribution in [0.5, 0.6) is 0 Å². The number of anilines is 1. The Morgan fingerprint density at radius 3 is 2.64 bits per heavy atom. The maximum atomic E-state index is 12.9. The van der Waals surface area contributed by atoms with E-state index in [-0.39, 0.29) is 11.2 Å². The van der Waals surface area contributed by atoms with Crippen LogP contribution in [0.25, 0.3) is 5.69 Å². The predicted molar refractivity (Wildman–Crippen MR) is 106 cm³/mol. The SMILES string of the molecule is CCC(CC)SC(C)C(=O)N(CC)c1cn(-c2cccnc2)nc1Cl. The summed E-state index contributed by atoms with van der Waals surface area (Å²) in [7, 11) is 0. The van der Waals surface area contributed by atoms with Gasteiger partial charge in [-0.1, -0.05) is 25.4 Å². The second-order valence-electron chi connectivity index (χ2n) is 5.76. The van der Waals surface area contributed by atoms with Gasteiger partial charge >= 0.3 is 0 Å². The molecular weight excluding hydrogens is 356 g/mol. The number of rotatable bonds is 8. The molecule has 0 radical (unpaired) electrons. The van der Waals surface area contributed by atoms with Crippen LogP contribution in [0, 0.1) is 0 Å². The zero-order valence-corrected chi connectivity index (χ0v) is 16.7. The van der Waals surface area contributed by atoms with E-state index in [2.05, 4.69) is 23.9 Å². The van der Waals surface area contributed by atoms with Gasteiger partial charge in [0, 0.05) is 18.0 Å². The van der Waals surface area contributed by atoms with E-state index in [1.807, 2.05) is 26.0 Å². The Kier molecular flexibility index (Phi) is 7.32. The zero-order valence-electron chi connectivity index (χ0n) is 15.1. The molecule has 5 nitrogen and oxygen atoms in total. The van der Waals surface area contributed by atoms with Crippen molar-refractivity contribution >= 4 is 35.0 Å². The Labute approximate surface area is 158 Å². The molecule has 25 heavy (non-hydrogen) atoms. The summed E-state index contributed by atoms with van der Waals surface area (Å²) >= 11 is 8.05. The molecule has 1 amide bonds. The maximum absolute atomic E-state index is 12.9. The van der Waals surface area contributed by atoms with Gasteiger partial charge in [-0.15, -0.1) is 11.8 Å². The fraction of sp³-hybridized carbons (Fsp3) is 0.500. The first kappa shape index (κ1) is 19.8. The van der Waals surface area contributed by atoms with Crippen molar-refractivity contribution in [3.05, 3.63) is 35.9 Å². The van der Waals surface area contributed by atoms with E-state index in [1.165, 1.54) is 0 Å². The van der Waals surface area contributed by atoms with E-state index in [1.54, 1.807) is 39.9 Å². The van der Waals surface area contributed by atoms with E-state index in [0.717, 1.165) is 18.5 Å². The Morgan fingerprint density at radius 2 is 2.08 bits per heavy atom. The fourth-order valence-corrected chi connectivity index (χ4v) is 4.08. The Morgan fingerprint density at radius 1 is 1.36 bits per heavy atom. The van der Waals surface area contributed by atoms with E-state index in [9.17, 15) is 4.79 Å². The van der Waals surface area contributed by atoms with Crippen LogP contribution in [-0.2, 0) is 4.79 Å². The summed E-state index contributed by atoms with van der Waals surface area (Å²) in [5.74, 6) is 0.0621. The highest BCUT2D eigenvalue weighted by molar-refractivity contribution is 8.01. The second-order valence-corrected chi connectivity index (χ2v) is 7.76. The van der Waals surface area contributed by atoms with Gasteiger partial charge < -0.3 is 4.90 Å². The number of hydrogen-bond acceptors (Lipinski definition) is 4. The van der Waals surface area contributed by atoms with Gasteiger partial charge in [0.1, 0.15) is 5.69 Å². The van der Waals surface area contributed by atoms with Gasteiger partial charge in [0.25, 0.3) is 0 Å². The summed E-state index contributed by atoms with van der Waals surface area (Å²) in [6, 6.07) is 3.73. The van der Waals surface area contributed by atoms with Crippen molar-refractivity contribution in [2.45, 2.75) is 51.0 Å². The number of pyridine rings is 1.